The number of halogens is 1. The van der Waals surface area contributed by atoms with Gasteiger partial charge in [-0.05, 0) is 73.7 Å². The van der Waals surface area contributed by atoms with Crippen molar-refractivity contribution in [1.29, 1.82) is 0 Å². The van der Waals surface area contributed by atoms with Crippen molar-refractivity contribution in [3.05, 3.63) is 75.8 Å². The van der Waals surface area contributed by atoms with Crippen LogP contribution in [0.3, 0.4) is 0 Å². The average Bonchev–Trinajstić information content (AvgIpc) is 3.51. The van der Waals surface area contributed by atoms with Gasteiger partial charge in [0.2, 0.25) is 11.8 Å². The van der Waals surface area contributed by atoms with Crippen LogP contribution in [0.25, 0.3) is 0 Å². The molecule has 1 aliphatic heterocycles. The van der Waals surface area contributed by atoms with Gasteiger partial charge in [0.25, 0.3) is 11.8 Å². The normalized spacial score (nSPS) is 23.8. The van der Waals surface area contributed by atoms with Gasteiger partial charge in [-0.25, -0.2) is 4.79 Å². The predicted octanol–water partition coefficient (Wildman–Crippen LogP) is 2.77. The largest absolute Gasteiger partial charge is 0.452 e. The molecular formula is C26H22BrN3O6. The fourth-order valence-electron chi connectivity index (χ4n) is 5.33. The van der Waals surface area contributed by atoms with Gasteiger partial charge in [0.1, 0.15) is 0 Å². The lowest BCUT2D eigenvalue weighted by Gasteiger charge is -2.19. The van der Waals surface area contributed by atoms with E-state index in [1.165, 1.54) is 34.7 Å². The first-order valence-electron chi connectivity index (χ1n) is 11.4. The Morgan fingerprint density at radius 3 is 2.28 bits per heavy atom. The van der Waals surface area contributed by atoms with Crippen LogP contribution in [0.5, 0.6) is 0 Å². The number of ether oxygens (including phenoxy) is 1. The van der Waals surface area contributed by atoms with E-state index in [1.54, 1.807) is 24.3 Å². The molecule has 10 heteroatoms. The van der Waals surface area contributed by atoms with Crippen molar-refractivity contribution in [2.45, 2.75) is 13.3 Å². The van der Waals surface area contributed by atoms with Crippen molar-refractivity contribution in [1.82, 2.24) is 10.9 Å². The standard InChI is InChI=1S/C26H22BrN3O6/c1-13-10-16-11-19(13)22-21(16)24(33)30(25(22)34)18-8-4-15(5-9-18)26(35)36-12-20(31)28-29-23(32)14-2-6-17(27)7-3-14/h2-10,16,19,21-22H,11-12H2,1H3,(H,28,31)(H,29,32)/t16-,19+,21-,22+/m0/s1. The Morgan fingerprint density at radius 1 is 0.944 bits per heavy atom. The summed E-state index contributed by atoms with van der Waals surface area (Å²) in [4.78, 5) is 63.6. The Labute approximate surface area is 215 Å². The van der Waals surface area contributed by atoms with Gasteiger partial charge in [0.15, 0.2) is 6.61 Å². The second-order valence-electron chi connectivity index (χ2n) is 9.11. The molecule has 36 heavy (non-hydrogen) atoms. The molecule has 2 aliphatic carbocycles. The van der Waals surface area contributed by atoms with Crippen molar-refractivity contribution in [2.24, 2.45) is 23.7 Å². The first kappa shape index (κ1) is 23.9. The number of anilines is 1. The maximum atomic E-state index is 13.1. The summed E-state index contributed by atoms with van der Waals surface area (Å²) in [6.45, 7) is 1.40. The van der Waals surface area contributed by atoms with Crippen LogP contribution in [0, 0.1) is 23.7 Å². The second-order valence-corrected chi connectivity index (χ2v) is 10.0. The van der Waals surface area contributed by atoms with Crippen LogP contribution >= 0.6 is 15.9 Å². The molecule has 2 N–H and O–H groups in total. The third kappa shape index (κ3) is 4.21. The summed E-state index contributed by atoms with van der Waals surface area (Å²) < 4.78 is 5.81. The van der Waals surface area contributed by atoms with Crippen LogP contribution in [-0.2, 0) is 19.1 Å². The Kier molecular flexibility index (Phi) is 6.21. The van der Waals surface area contributed by atoms with E-state index in [2.05, 4.69) is 32.9 Å². The number of imide groups is 1. The number of hydrogen-bond donors (Lipinski definition) is 2. The molecule has 3 aliphatic rings. The number of carbonyl (C=O) groups excluding carboxylic acids is 5. The van der Waals surface area contributed by atoms with E-state index in [-0.39, 0.29) is 41.0 Å². The summed E-state index contributed by atoms with van der Waals surface area (Å²) in [5.74, 6) is -2.76. The zero-order valence-electron chi connectivity index (χ0n) is 19.2. The predicted molar refractivity (Wildman–Crippen MR) is 131 cm³/mol. The van der Waals surface area contributed by atoms with E-state index >= 15 is 0 Å². The summed E-state index contributed by atoms with van der Waals surface area (Å²) in [6, 6.07) is 12.5. The molecule has 184 valence electrons. The number of nitrogens with zero attached hydrogens (tertiary/aromatic N) is 1. The molecule has 0 radical (unpaired) electrons. The number of esters is 1. The highest BCUT2D eigenvalue weighted by Crippen LogP contribution is 2.55. The highest BCUT2D eigenvalue weighted by Gasteiger charge is 2.60. The summed E-state index contributed by atoms with van der Waals surface area (Å²) >= 11 is 3.27. The van der Waals surface area contributed by atoms with Crippen LogP contribution in [-0.4, -0.2) is 36.2 Å². The number of hydrogen-bond acceptors (Lipinski definition) is 6. The molecule has 2 aromatic carbocycles. The van der Waals surface area contributed by atoms with E-state index in [9.17, 15) is 24.0 Å². The van der Waals surface area contributed by atoms with Crippen molar-refractivity contribution in [3.63, 3.8) is 0 Å². The second kappa shape index (κ2) is 9.34. The summed E-state index contributed by atoms with van der Waals surface area (Å²) in [7, 11) is 0. The van der Waals surface area contributed by atoms with Gasteiger partial charge in [-0.2, -0.15) is 0 Å². The van der Waals surface area contributed by atoms with Crippen molar-refractivity contribution in [2.75, 3.05) is 11.5 Å². The van der Waals surface area contributed by atoms with Crippen molar-refractivity contribution in [3.8, 4) is 0 Å². The van der Waals surface area contributed by atoms with Crippen LogP contribution in [0.15, 0.2) is 64.7 Å². The van der Waals surface area contributed by atoms with E-state index in [0.29, 0.717) is 11.3 Å². The summed E-state index contributed by atoms with van der Waals surface area (Å²) in [5.41, 5.74) is 6.50. The first-order valence-corrected chi connectivity index (χ1v) is 12.2. The zero-order chi connectivity index (χ0) is 25.6. The molecular weight excluding hydrogens is 530 g/mol. The molecule has 2 aromatic rings. The fraction of sp³-hybridized carbons (Fsp3) is 0.269. The number of amides is 4. The lowest BCUT2D eigenvalue weighted by atomic mass is 9.82. The van der Waals surface area contributed by atoms with E-state index in [0.717, 1.165) is 10.9 Å². The Balaban J connectivity index is 1.14. The molecule has 1 heterocycles. The Morgan fingerprint density at radius 2 is 1.58 bits per heavy atom. The third-order valence-electron chi connectivity index (χ3n) is 7.00. The van der Waals surface area contributed by atoms with E-state index in [1.807, 2.05) is 6.92 Å². The molecule has 1 saturated heterocycles. The zero-order valence-corrected chi connectivity index (χ0v) is 20.8. The number of rotatable bonds is 5. The monoisotopic (exact) mass is 551 g/mol. The topological polar surface area (TPSA) is 122 Å². The van der Waals surface area contributed by atoms with Gasteiger partial charge in [-0.1, -0.05) is 27.6 Å². The van der Waals surface area contributed by atoms with Gasteiger partial charge in [-0.15, -0.1) is 0 Å². The highest BCUT2D eigenvalue weighted by atomic mass is 79.9. The van der Waals surface area contributed by atoms with Crippen molar-refractivity contribution < 1.29 is 28.7 Å². The number of allylic oxidation sites excluding steroid dienone is 2. The molecule has 4 atom stereocenters. The first-order chi connectivity index (χ1) is 17.2. The van der Waals surface area contributed by atoms with Crippen LogP contribution in [0.2, 0.25) is 0 Å². The lowest BCUT2D eigenvalue weighted by Crippen LogP contribution is -2.43. The van der Waals surface area contributed by atoms with E-state index in [4.69, 9.17) is 4.74 Å². The highest BCUT2D eigenvalue weighted by molar-refractivity contribution is 9.10. The molecule has 2 bridgehead atoms. The molecule has 0 unspecified atom stereocenters. The third-order valence-corrected chi connectivity index (χ3v) is 7.53. The Bertz CT molecular complexity index is 1300. The number of carbonyl (C=O) groups is 5. The van der Waals surface area contributed by atoms with Gasteiger partial charge in [-0.3, -0.25) is 34.9 Å². The molecule has 0 spiro atoms. The minimum absolute atomic E-state index is 0.112. The molecule has 0 aromatic heterocycles. The molecule has 1 saturated carbocycles. The van der Waals surface area contributed by atoms with E-state index < -0.39 is 24.4 Å². The van der Waals surface area contributed by atoms with Crippen LogP contribution in [0.4, 0.5) is 5.69 Å². The minimum Gasteiger partial charge on any atom is -0.452 e. The maximum Gasteiger partial charge on any atom is 0.338 e. The number of benzene rings is 2. The number of nitrogens with one attached hydrogen (secondary N) is 2. The van der Waals surface area contributed by atoms with Crippen LogP contribution < -0.4 is 15.8 Å². The summed E-state index contributed by atoms with van der Waals surface area (Å²) in [5, 5.41) is 0. The fourth-order valence-corrected chi connectivity index (χ4v) is 5.59. The minimum atomic E-state index is -0.759. The van der Waals surface area contributed by atoms with Gasteiger partial charge < -0.3 is 4.74 Å². The number of fused-ring (bicyclic) bond motifs is 5. The van der Waals surface area contributed by atoms with Crippen LogP contribution in [0.1, 0.15) is 34.1 Å². The Hall–Kier alpha value is -3.79. The molecule has 9 nitrogen and oxygen atoms in total. The van der Waals surface area contributed by atoms with Gasteiger partial charge in [0, 0.05) is 10.0 Å². The lowest BCUT2D eigenvalue weighted by molar-refractivity contribution is -0.125. The molecule has 5 rings (SSSR count). The maximum absolute atomic E-state index is 13.1. The molecule has 2 fully saturated rings. The quantitative estimate of drug-likeness (QED) is 0.255. The smallest absolute Gasteiger partial charge is 0.338 e. The van der Waals surface area contributed by atoms with Crippen molar-refractivity contribution >= 4 is 51.2 Å². The van der Waals surface area contributed by atoms with Gasteiger partial charge >= 0.3 is 5.97 Å². The average molecular weight is 552 g/mol. The SMILES string of the molecule is CC1=C[C@H]2C[C@H]1[C@H]1C(=O)N(c3ccc(C(=O)OCC(=O)NNC(=O)c4ccc(Br)cc4)cc3)C(=O)[C@H]12. The number of hydrazine groups is 1. The van der Waals surface area contributed by atoms with Gasteiger partial charge in [0.05, 0.1) is 23.1 Å². The summed E-state index contributed by atoms with van der Waals surface area (Å²) in [6.07, 6.45) is 2.97. The molecule has 4 amide bonds.